The van der Waals surface area contributed by atoms with Crippen LogP contribution in [0.15, 0.2) is 41.5 Å². The molecule has 19 heavy (non-hydrogen) atoms. The first-order valence-corrected chi connectivity index (χ1v) is 6.45. The minimum atomic E-state index is 0.168. The zero-order valence-electron chi connectivity index (χ0n) is 10.5. The Morgan fingerprint density at radius 1 is 1.26 bits per heavy atom. The molecular formula is C15H13ClN2O. The molecule has 2 heterocycles. The molecule has 1 atom stereocenters. The van der Waals surface area contributed by atoms with E-state index < -0.39 is 0 Å². The lowest BCUT2D eigenvalue weighted by Gasteiger charge is -2.22. The lowest BCUT2D eigenvalue weighted by molar-refractivity contribution is 0.390. The molecular weight excluding hydrogens is 260 g/mol. The van der Waals surface area contributed by atoms with Gasteiger partial charge in [-0.2, -0.15) is 0 Å². The summed E-state index contributed by atoms with van der Waals surface area (Å²) < 4.78 is 5.35. The highest BCUT2D eigenvalue weighted by atomic mass is 35.5. The number of fused-ring (bicyclic) bond motifs is 1. The van der Waals surface area contributed by atoms with Crippen molar-refractivity contribution in [3.05, 3.63) is 58.2 Å². The van der Waals surface area contributed by atoms with Gasteiger partial charge in [-0.15, -0.1) is 0 Å². The van der Waals surface area contributed by atoms with E-state index >= 15 is 0 Å². The standard InChI is InChI=1S/C15H13ClN2O/c1-19-15-13(3-2-6-18-15)14-9-17-8-10-7-11(16)4-5-12(10)14/h2-8,14H,9H2,1H3. The van der Waals surface area contributed by atoms with Crippen molar-refractivity contribution in [3.63, 3.8) is 0 Å². The lowest BCUT2D eigenvalue weighted by atomic mass is 9.87. The summed E-state index contributed by atoms with van der Waals surface area (Å²) in [5, 5.41) is 0.726. The summed E-state index contributed by atoms with van der Waals surface area (Å²) in [6.45, 7) is 0.705. The zero-order valence-corrected chi connectivity index (χ0v) is 11.3. The summed E-state index contributed by atoms with van der Waals surface area (Å²) in [6.07, 6.45) is 3.61. The molecule has 96 valence electrons. The smallest absolute Gasteiger partial charge is 0.216 e. The van der Waals surface area contributed by atoms with Crippen molar-refractivity contribution in [1.29, 1.82) is 0 Å². The van der Waals surface area contributed by atoms with Crippen molar-refractivity contribution in [3.8, 4) is 5.88 Å². The molecule has 3 rings (SSSR count). The molecule has 4 heteroatoms. The molecule has 0 bridgehead atoms. The van der Waals surface area contributed by atoms with E-state index in [1.807, 2.05) is 30.5 Å². The Balaban J connectivity index is 2.11. The summed E-state index contributed by atoms with van der Waals surface area (Å²) in [6, 6.07) is 9.87. The van der Waals surface area contributed by atoms with Gasteiger partial charge >= 0.3 is 0 Å². The van der Waals surface area contributed by atoms with Crippen LogP contribution in [-0.2, 0) is 0 Å². The van der Waals surface area contributed by atoms with Crippen LogP contribution in [-0.4, -0.2) is 24.9 Å². The first-order valence-electron chi connectivity index (χ1n) is 6.08. The van der Waals surface area contributed by atoms with Gasteiger partial charge in [0.15, 0.2) is 0 Å². The molecule has 0 fully saturated rings. The molecule has 1 unspecified atom stereocenters. The van der Waals surface area contributed by atoms with Gasteiger partial charge in [-0.25, -0.2) is 4.98 Å². The number of benzene rings is 1. The van der Waals surface area contributed by atoms with Gasteiger partial charge in [-0.1, -0.05) is 23.7 Å². The second kappa shape index (κ2) is 5.02. The molecule has 0 amide bonds. The number of hydrogen-bond acceptors (Lipinski definition) is 3. The molecule has 1 aliphatic heterocycles. The number of halogens is 1. The average molecular weight is 273 g/mol. The van der Waals surface area contributed by atoms with E-state index in [1.54, 1.807) is 13.3 Å². The fourth-order valence-electron chi connectivity index (χ4n) is 2.43. The van der Waals surface area contributed by atoms with Crippen molar-refractivity contribution in [2.45, 2.75) is 5.92 Å². The summed E-state index contributed by atoms with van der Waals surface area (Å²) in [4.78, 5) is 8.69. The van der Waals surface area contributed by atoms with E-state index in [0.29, 0.717) is 12.4 Å². The highest BCUT2D eigenvalue weighted by Gasteiger charge is 2.23. The van der Waals surface area contributed by atoms with Crippen LogP contribution in [0.1, 0.15) is 22.6 Å². The fourth-order valence-corrected chi connectivity index (χ4v) is 2.61. The zero-order chi connectivity index (χ0) is 13.2. The highest BCUT2D eigenvalue weighted by Crippen LogP contribution is 2.34. The molecule has 0 spiro atoms. The average Bonchev–Trinajstić information content (AvgIpc) is 2.46. The highest BCUT2D eigenvalue weighted by molar-refractivity contribution is 6.30. The van der Waals surface area contributed by atoms with E-state index in [9.17, 15) is 0 Å². The van der Waals surface area contributed by atoms with Crippen molar-refractivity contribution in [2.24, 2.45) is 4.99 Å². The quantitative estimate of drug-likeness (QED) is 0.841. The van der Waals surface area contributed by atoms with Crippen molar-refractivity contribution in [2.75, 3.05) is 13.7 Å². The number of pyridine rings is 1. The minimum Gasteiger partial charge on any atom is -0.481 e. The summed E-state index contributed by atoms with van der Waals surface area (Å²) in [5.74, 6) is 0.825. The predicted molar refractivity (Wildman–Crippen MR) is 76.5 cm³/mol. The summed E-state index contributed by atoms with van der Waals surface area (Å²) >= 11 is 6.03. The Morgan fingerprint density at radius 2 is 2.16 bits per heavy atom. The normalized spacial score (nSPS) is 17.1. The number of hydrogen-bond donors (Lipinski definition) is 0. The molecule has 0 saturated heterocycles. The van der Waals surface area contributed by atoms with Crippen LogP contribution < -0.4 is 4.74 Å². The van der Waals surface area contributed by atoms with Crippen LogP contribution in [0.5, 0.6) is 5.88 Å². The monoisotopic (exact) mass is 272 g/mol. The number of methoxy groups -OCH3 is 1. The Kier molecular flexibility index (Phi) is 3.22. The molecule has 0 radical (unpaired) electrons. The van der Waals surface area contributed by atoms with Crippen molar-refractivity contribution in [1.82, 2.24) is 4.98 Å². The van der Waals surface area contributed by atoms with Crippen LogP contribution in [0.4, 0.5) is 0 Å². The van der Waals surface area contributed by atoms with Crippen LogP contribution in [0, 0.1) is 0 Å². The molecule has 3 nitrogen and oxygen atoms in total. The van der Waals surface area contributed by atoms with Gasteiger partial charge in [0.2, 0.25) is 5.88 Å². The topological polar surface area (TPSA) is 34.5 Å². The molecule has 0 saturated carbocycles. The number of ether oxygens (including phenoxy) is 1. The predicted octanol–water partition coefficient (Wildman–Crippen LogP) is 3.31. The van der Waals surface area contributed by atoms with Crippen LogP contribution in [0.2, 0.25) is 5.02 Å². The molecule has 1 aromatic carbocycles. The Morgan fingerprint density at radius 3 is 3.00 bits per heavy atom. The van der Waals surface area contributed by atoms with Crippen LogP contribution in [0.3, 0.4) is 0 Å². The first kappa shape index (κ1) is 12.2. The van der Waals surface area contributed by atoms with Crippen molar-refractivity contribution >= 4 is 17.8 Å². The van der Waals surface area contributed by atoms with Gasteiger partial charge in [-0.3, -0.25) is 4.99 Å². The summed E-state index contributed by atoms with van der Waals surface area (Å²) in [7, 11) is 1.64. The van der Waals surface area contributed by atoms with Gasteiger partial charge in [-0.05, 0) is 29.3 Å². The number of nitrogens with zero attached hydrogens (tertiary/aromatic N) is 2. The third-order valence-electron chi connectivity index (χ3n) is 3.31. The van der Waals surface area contributed by atoms with E-state index in [4.69, 9.17) is 16.3 Å². The Bertz CT molecular complexity index is 640. The maximum Gasteiger partial charge on any atom is 0.216 e. The second-order valence-corrected chi connectivity index (χ2v) is 4.86. The molecule has 1 aromatic heterocycles. The van der Waals surface area contributed by atoms with E-state index in [2.05, 4.69) is 16.0 Å². The number of aliphatic imine (C=N–C) groups is 1. The maximum atomic E-state index is 6.03. The van der Waals surface area contributed by atoms with Gasteiger partial charge in [0.1, 0.15) is 0 Å². The lowest BCUT2D eigenvalue weighted by Crippen LogP contribution is -2.14. The SMILES string of the molecule is COc1ncccc1C1CN=Cc2cc(Cl)ccc21. The maximum absolute atomic E-state index is 6.03. The third kappa shape index (κ3) is 2.22. The largest absolute Gasteiger partial charge is 0.481 e. The van der Waals surface area contributed by atoms with Gasteiger partial charge in [0.25, 0.3) is 0 Å². The second-order valence-electron chi connectivity index (χ2n) is 4.42. The van der Waals surface area contributed by atoms with Gasteiger partial charge in [0.05, 0.1) is 13.7 Å². The van der Waals surface area contributed by atoms with E-state index in [-0.39, 0.29) is 5.92 Å². The van der Waals surface area contributed by atoms with E-state index in [1.165, 1.54) is 5.56 Å². The number of aromatic nitrogens is 1. The van der Waals surface area contributed by atoms with Crippen molar-refractivity contribution < 1.29 is 4.74 Å². The van der Waals surface area contributed by atoms with E-state index in [0.717, 1.165) is 16.1 Å². The fraction of sp³-hybridized carbons (Fsp3) is 0.200. The van der Waals surface area contributed by atoms with Crippen LogP contribution >= 0.6 is 11.6 Å². The minimum absolute atomic E-state index is 0.168. The molecule has 0 N–H and O–H groups in total. The Hall–Kier alpha value is -1.87. The molecule has 2 aromatic rings. The van der Waals surface area contributed by atoms with Crippen LogP contribution in [0.25, 0.3) is 0 Å². The summed E-state index contributed by atoms with van der Waals surface area (Å²) in [5.41, 5.74) is 3.34. The van der Waals surface area contributed by atoms with Gasteiger partial charge in [0, 0.05) is 28.9 Å². The molecule has 1 aliphatic rings. The van der Waals surface area contributed by atoms with Gasteiger partial charge < -0.3 is 4.74 Å². The number of rotatable bonds is 2. The molecule has 0 aliphatic carbocycles. The first-order chi connectivity index (χ1) is 9.29. The Labute approximate surface area is 116 Å². The third-order valence-corrected chi connectivity index (χ3v) is 3.55.